The van der Waals surface area contributed by atoms with E-state index in [1.165, 1.54) is 18.5 Å². The summed E-state index contributed by atoms with van der Waals surface area (Å²) >= 11 is 6.74. The Balaban J connectivity index is 1.29. The lowest BCUT2D eigenvalue weighted by molar-refractivity contribution is -0.138. The fraction of sp³-hybridized carbons (Fsp3) is 0.333. The van der Waals surface area contributed by atoms with Gasteiger partial charge in [0.25, 0.3) is 0 Å². The molecule has 0 bridgehead atoms. The molecule has 0 saturated carbocycles. The summed E-state index contributed by atoms with van der Waals surface area (Å²) in [6.07, 6.45) is 2.56. The Bertz CT molecular complexity index is 1770. The van der Waals surface area contributed by atoms with Gasteiger partial charge in [0.05, 0.1) is 24.1 Å². The van der Waals surface area contributed by atoms with Crippen LogP contribution in [0.1, 0.15) is 17.5 Å². The van der Waals surface area contributed by atoms with Gasteiger partial charge >= 0.3 is 6.18 Å². The Hall–Kier alpha value is -4.14. The van der Waals surface area contributed by atoms with Gasteiger partial charge in [-0.1, -0.05) is 17.7 Å². The van der Waals surface area contributed by atoms with Crippen LogP contribution < -0.4 is 15.4 Å². The quantitative estimate of drug-likeness (QED) is 0.239. The number of aromatic nitrogens is 6. The van der Waals surface area contributed by atoms with Gasteiger partial charge in [0.15, 0.2) is 28.5 Å². The van der Waals surface area contributed by atoms with Crippen molar-refractivity contribution >= 4 is 45.7 Å². The molecule has 1 unspecified atom stereocenters. The van der Waals surface area contributed by atoms with Gasteiger partial charge in [-0.05, 0) is 24.1 Å². The predicted molar refractivity (Wildman–Crippen MR) is 152 cm³/mol. The van der Waals surface area contributed by atoms with E-state index in [-0.39, 0.29) is 40.6 Å². The maximum atomic E-state index is 14.1. The number of aryl methyl sites for hydroxylation is 1. The number of fused-ring (bicyclic) bond motifs is 2. The van der Waals surface area contributed by atoms with Gasteiger partial charge in [0, 0.05) is 58.9 Å². The average molecular weight is 602 g/mol. The second-order valence-electron chi connectivity index (χ2n) is 9.91. The van der Waals surface area contributed by atoms with Crippen LogP contribution in [0.4, 0.5) is 30.6 Å². The number of ether oxygens (including phenoxy) is 2. The fourth-order valence-electron chi connectivity index (χ4n) is 5.15. The predicted octanol–water partition coefficient (Wildman–Crippen LogP) is 5.48. The van der Waals surface area contributed by atoms with Gasteiger partial charge in [-0.2, -0.15) is 23.3 Å². The van der Waals surface area contributed by atoms with Gasteiger partial charge in [-0.15, -0.1) is 0 Å². The molecule has 1 aliphatic rings. The first kappa shape index (κ1) is 28.0. The number of nitrogens with one attached hydrogen (secondary N) is 2. The van der Waals surface area contributed by atoms with Crippen molar-refractivity contribution in [2.24, 2.45) is 7.05 Å². The standard InChI is InChI=1S/C27H27ClF3N9O2/c1-32-24-22-20(12-35-40(22)9-7-33-24)42-19-11-34-25-23(21(19)28)38(2)26(37-25)36-16-5-4-15(18(10-16)27(29,30)31)13-39-8-6-17(14-39)41-3/h4-5,7,9-12,17H,6,8,13-14H2,1-3H3,(H,32,33)(H,34,36,37). The SMILES string of the molecule is CNc1nccn2ncc(Oc3cnc4nc(Nc5ccc(CN6CCC(OC)C6)c(C(F)(F)F)c5)n(C)c4c3Cl)c12. The largest absolute Gasteiger partial charge is 0.450 e. The first-order valence-corrected chi connectivity index (χ1v) is 13.4. The Morgan fingerprint density at radius 2 is 1.98 bits per heavy atom. The maximum Gasteiger partial charge on any atom is 0.416 e. The smallest absolute Gasteiger partial charge is 0.416 e. The highest BCUT2D eigenvalue weighted by Crippen LogP contribution is 2.39. The van der Waals surface area contributed by atoms with Crippen LogP contribution in [-0.2, 0) is 24.5 Å². The van der Waals surface area contributed by atoms with Gasteiger partial charge in [0.2, 0.25) is 5.95 Å². The highest BCUT2D eigenvalue weighted by atomic mass is 35.5. The van der Waals surface area contributed by atoms with Crippen molar-refractivity contribution in [1.82, 2.24) is 34.0 Å². The zero-order valence-electron chi connectivity index (χ0n) is 22.9. The zero-order valence-corrected chi connectivity index (χ0v) is 23.7. The van der Waals surface area contributed by atoms with Crippen LogP contribution >= 0.6 is 11.6 Å². The molecule has 1 aromatic carbocycles. The molecule has 6 rings (SSSR count). The molecule has 15 heteroatoms. The molecule has 220 valence electrons. The highest BCUT2D eigenvalue weighted by molar-refractivity contribution is 6.36. The van der Waals surface area contributed by atoms with E-state index in [1.54, 1.807) is 48.7 Å². The molecule has 0 spiro atoms. The molecule has 1 atom stereocenters. The van der Waals surface area contributed by atoms with E-state index in [4.69, 9.17) is 21.1 Å². The number of alkyl halides is 3. The van der Waals surface area contributed by atoms with Crippen LogP contribution in [-0.4, -0.2) is 67.4 Å². The second kappa shape index (κ2) is 10.9. The summed E-state index contributed by atoms with van der Waals surface area (Å²) < 4.78 is 56.9. The Morgan fingerprint density at radius 3 is 2.71 bits per heavy atom. The second-order valence-corrected chi connectivity index (χ2v) is 10.3. The number of hydrogen-bond donors (Lipinski definition) is 2. The van der Waals surface area contributed by atoms with Crippen molar-refractivity contribution in [3.63, 3.8) is 0 Å². The van der Waals surface area contributed by atoms with Crippen molar-refractivity contribution in [3.05, 3.63) is 59.1 Å². The molecule has 1 saturated heterocycles. The number of benzene rings is 1. The van der Waals surface area contributed by atoms with Crippen LogP contribution in [0.3, 0.4) is 0 Å². The topological polar surface area (TPSA) is 107 Å². The molecule has 42 heavy (non-hydrogen) atoms. The number of hydrogen-bond acceptors (Lipinski definition) is 9. The monoisotopic (exact) mass is 601 g/mol. The van der Waals surface area contributed by atoms with E-state index in [9.17, 15) is 13.2 Å². The third-order valence-corrected chi connectivity index (χ3v) is 7.65. The van der Waals surface area contributed by atoms with Crippen LogP contribution in [0.2, 0.25) is 5.02 Å². The lowest BCUT2D eigenvalue weighted by atomic mass is 10.1. The normalized spacial score (nSPS) is 16.0. The average Bonchev–Trinajstić information content (AvgIpc) is 3.68. The summed E-state index contributed by atoms with van der Waals surface area (Å²) in [5.74, 6) is 1.48. The molecule has 4 aromatic heterocycles. The van der Waals surface area contributed by atoms with Crippen molar-refractivity contribution < 1.29 is 22.6 Å². The van der Waals surface area contributed by atoms with Gasteiger partial charge in [0.1, 0.15) is 10.5 Å². The van der Waals surface area contributed by atoms with E-state index in [0.29, 0.717) is 41.3 Å². The molecule has 11 nitrogen and oxygen atoms in total. The Morgan fingerprint density at radius 1 is 1.14 bits per heavy atom. The Labute approximate surface area is 243 Å². The molecular formula is C27H27ClF3N9O2. The van der Waals surface area contributed by atoms with Crippen molar-refractivity contribution in [2.45, 2.75) is 25.2 Å². The molecular weight excluding hydrogens is 575 g/mol. The lowest BCUT2D eigenvalue weighted by Gasteiger charge is -2.20. The van der Waals surface area contributed by atoms with Gasteiger partial charge in [-0.3, -0.25) is 4.90 Å². The third kappa shape index (κ3) is 5.16. The first-order valence-electron chi connectivity index (χ1n) is 13.1. The zero-order chi connectivity index (χ0) is 29.6. The molecule has 0 amide bonds. The van der Waals surface area contributed by atoms with Crippen molar-refractivity contribution in [1.29, 1.82) is 0 Å². The summed E-state index contributed by atoms with van der Waals surface area (Å²) in [6, 6.07) is 4.20. The van der Waals surface area contributed by atoms with E-state index < -0.39 is 11.7 Å². The summed E-state index contributed by atoms with van der Waals surface area (Å²) in [7, 11) is 5.04. The Kier molecular flexibility index (Phi) is 7.29. The number of rotatable bonds is 8. The number of halogens is 4. The number of methoxy groups -OCH3 is 1. The van der Waals surface area contributed by atoms with Gasteiger partial charge < -0.3 is 24.7 Å². The summed E-state index contributed by atoms with van der Waals surface area (Å²) in [6.45, 7) is 1.46. The number of pyridine rings is 1. The maximum absolute atomic E-state index is 14.1. The van der Waals surface area contributed by atoms with Crippen molar-refractivity contribution in [3.8, 4) is 11.5 Å². The molecule has 5 heterocycles. The number of likely N-dealkylation sites (tertiary alicyclic amines) is 1. The summed E-state index contributed by atoms with van der Waals surface area (Å²) in [5.41, 5.74) is 1.06. The number of imidazole rings is 1. The molecule has 1 aliphatic heterocycles. The lowest BCUT2D eigenvalue weighted by Crippen LogP contribution is -2.24. The van der Waals surface area contributed by atoms with E-state index in [0.717, 1.165) is 12.5 Å². The molecule has 1 fully saturated rings. The minimum atomic E-state index is -4.53. The minimum Gasteiger partial charge on any atom is -0.450 e. The highest BCUT2D eigenvalue weighted by Gasteiger charge is 2.35. The first-order chi connectivity index (χ1) is 20.2. The van der Waals surface area contributed by atoms with E-state index >= 15 is 0 Å². The molecule has 2 N–H and O–H groups in total. The summed E-state index contributed by atoms with van der Waals surface area (Å²) in [5, 5.41) is 10.5. The van der Waals surface area contributed by atoms with Crippen LogP contribution in [0, 0.1) is 0 Å². The number of anilines is 3. The van der Waals surface area contributed by atoms with Crippen LogP contribution in [0.5, 0.6) is 11.5 Å². The molecule has 5 aromatic rings. The van der Waals surface area contributed by atoms with Crippen LogP contribution in [0.15, 0.2) is 43.0 Å². The minimum absolute atomic E-state index is 0.0339. The van der Waals surface area contributed by atoms with Crippen molar-refractivity contribution in [2.75, 3.05) is 37.9 Å². The van der Waals surface area contributed by atoms with E-state index in [2.05, 4.69) is 30.7 Å². The number of nitrogens with zero attached hydrogens (tertiary/aromatic N) is 7. The molecule has 0 aliphatic carbocycles. The van der Waals surface area contributed by atoms with E-state index in [1.807, 2.05) is 4.90 Å². The van der Waals surface area contributed by atoms with Gasteiger partial charge in [-0.25, -0.2) is 14.5 Å². The van der Waals surface area contributed by atoms with Crippen LogP contribution in [0.25, 0.3) is 16.7 Å². The summed E-state index contributed by atoms with van der Waals surface area (Å²) in [4.78, 5) is 15.1. The fourth-order valence-corrected chi connectivity index (χ4v) is 5.45. The molecule has 0 radical (unpaired) electrons. The third-order valence-electron chi connectivity index (χ3n) is 7.29.